The van der Waals surface area contributed by atoms with Gasteiger partial charge in [0.05, 0.1) is 33.5 Å². The minimum Gasteiger partial charge on any atom is -0.309 e. The van der Waals surface area contributed by atoms with Gasteiger partial charge in [-0.1, -0.05) is 224 Å². The van der Waals surface area contributed by atoms with Crippen molar-refractivity contribution in [2.45, 2.75) is 5.41 Å². The largest absolute Gasteiger partial charge is 0.309 e. The average Bonchev–Trinajstić information content (AvgIpc) is 3.92. The Morgan fingerprint density at radius 1 is 0.290 bits per heavy atom. The summed E-state index contributed by atoms with van der Waals surface area (Å²) in [6.07, 6.45) is 0. The Hall–Kier alpha value is -8.98. The quantitative estimate of drug-likeness (QED) is 0.155. The summed E-state index contributed by atoms with van der Waals surface area (Å²) in [5.74, 6) is 0. The third-order valence-corrected chi connectivity index (χ3v) is 14.8. The highest BCUT2D eigenvalue weighted by Gasteiger charge is 2.51. The van der Waals surface area contributed by atoms with E-state index in [4.69, 9.17) is 0 Å². The van der Waals surface area contributed by atoms with Gasteiger partial charge in [0, 0.05) is 27.6 Å². The van der Waals surface area contributed by atoms with Crippen LogP contribution in [0.4, 0.5) is 17.1 Å². The third kappa shape index (κ3) is 5.79. The van der Waals surface area contributed by atoms with E-state index in [0.717, 1.165) is 33.8 Å². The molecule has 11 aromatic carbocycles. The molecule has 2 aliphatic rings. The van der Waals surface area contributed by atoms with Crippen LogP contribution >= 0.6 is 0 Å². The molecule has 0 bridgehead atoms. The van der Waals surface area contributed by atoms with Crippen LogP contribution in [0.2, 0.25) is 0 Å². The first-order chi connectivity index (χ1) is 34.3. The molecule has 1 spiro atoms. The molecule has 0 N–H and O–H groups in total. The number of anilines is 3. The zero-order valence-corrected chi connectivity index (χ0v) is 37.8. The lowest BCUT2D eigenvalue weighted by Crippen LogP contribution is -2.33. The molecule has 1 aliphatic carbocycles. The minimum atomic E-state index is -0.561. The van der Waals surface area contributed by atoms with Crippen molar-refractivity contribution >= 4 is 38.9 Å². The molecule has 1 atom stereocenters. The number of para-hydroxylation sites is 5. The number of nitrogens with zero attached hydrogens (tertiary/aromatic N) is 2. The summed E-state index contributed by atoms with van der Waals surface area (Å²) in [5.41, 5.74) is 23.7. The maximum absolute atomic E-state index is 2.53. The average molecular weight is 877 g/mol. The predicted molar refractivity (Wildman–Crippen MR) is 288 cm³/mol. The van der Waals surface area contributed by atoms with E-state index in [9.17, 15) is 0 Å². The van der Waals surface area contributed by atoms with Crippen molar-refractivity contribution in [1.82, 2.24) is 4.57 Å². The van der Waals surface area contributed by atoms with Crippen molar-refractivity contribution in [3.05, 3.63) is 289 Å². The fraction of sp³-hybridized carbons (Fsp3) is 0.0149. The van der Waals surface area contributed by atoms with E-state index in [0.29, 0.717) is 0 Å². The highest BCUT2D eigenvalue weighted by Crippen LogP contribution is 2.62. The Kier molecular flexibility index (Phi) is 8.84. The maximum Gasteiger partial charge on any atom is 0.0754 e. The summed E-state index contributed by atoms with van der Waals surface area (Å²) in [6.45, 7) is 0. The molecule has 0 fully saturated rings. The second-order valence-corrected chi connectivity index (χ2v) is 18.3. The van der Waals surface area contributed by atoms with Crippen LogP contribution in [0.25, 0.3) is 83.1 Å². The van der Waals surface area contributed by atoms with Gasteiger partial charge >= 0.3 is 0 Å². The van der Waals surface area contributed by atoms with Gasteiger partial charge < -0.3 is 9.47 Å². The van der Waals surface area contributed by atoms with Gasteiger partial charge in [0.2, 0.25) is 0 Å². The Bertz CT molecular complexity index is 3970. The number of hydrogen-bond acceptors (Lipinski definition) is 1. The molecule has 1 aliphatic heterocycles. The molecule has 322 valence electrons. The fourth-order valence-corrected chi connectivity index (χ4v) is 12.0. The predicted octanol–water partition coefficient (Wildman–Crippen LogP) is 17.6. The lowest BCUT2D eigenvalue weighted by molar-refractivity contribution is 0.749. The van der Waals surface area contributed by atoms with Crippen LogP contribution in [-0.2, 0) is 5.41 Å². The molecule has 0 amide bonds. The molecular formula is C67H44N2. The Morgan fingerprint density at radius 3 is 1.65 bits per heavy atom. The van der Waals surface area contributed by atoms with E-state index < -0.39 is 5.41 Å². The molecule has 2 heterocycles. The zero-order chi connectivity index (χ0) is 45.5. The van der Waals surface area contributed by atoms with Crippen molar-refractivity contribution in [3.8, 4) is 61.3 Å². The summed E-state index contributed by atoms with van der Waals surface area (Å²) < 4.78 is 2.52. The smallest absolute Gasteiger partial charge is 0.0754 e. The zero-order valence-electron chi connectivity index (χ0n) is 37.8. The number of benzene rings is 11. The standard InChI is InChI=1S/C67H44N2/c1-3-21-45(22-4-1)47-25-19-26-49(43-47)68(63-38-16-11-31-55(63)52-29-8-7-27-50(52)46-23-5-2-6-24-46)62-37-15-10-28-51(62)48-41-42-54-53-30-9-13-34-58(53)67(61(54)44-48)59-35-14-18-40-65(59)69-64-39-17-12-32-56(64)57-33-20-36-60(67)66(57)69/h1-44H. The van der Waals surface area contributed by atoms with Gasteiger partial charge in [-0.25, -0.2) is 0 Å². The van der Waals surface area contributed by atoms with Gasteiger partial charge in [-0.05, 0) is 109 Å². The Labute approximate surface area is 402 Å². The van der Waals surface area contributed by atoms with Crippen molar-refractivity contribution in [3.63, 3.8) is 0 Å². The SMILES string of the molecule is c1ccc(-c2cccc(N(c3ccccc3-c3ccc4c(c3)C3(c5ccccc5-4)c4ccccc4-n4c5ccccc5c5cccc3c54)c3ccccc3-c3ccccc3-c3ccccc3)c2)cc1. The molecule has 2 heteroatoms. The number of aromatic nitrogens is 1. The molecule has 14 rings (SSSR count). The van der Waals surface area contributed by atoms with E-state index in [-0.39, 0.29) is 0 Å². The number of fused-ring (bicyclic) bond motifs is 12. The van der Waals surface area contributed by atoms with Gasteiger partial charge in [0.15, 0.2) is 0 Å². The monoisotopic (exact) mass is 876 g/mol. The number of hydrogen-bond donors (Lipinski definition) is 0. The molecule has 0 saturated carbocycles. The lowest BCUT2D eigenvalue weighted by atomic mass is 9.65. The van der Waals surface area contributed by atoms with Crippen LogP contribution in [0.1, 0.15) is 22.3 Å². The molecule has 1 unspecified atom stereocenters. The van der Waals surface area contributed by atoms with Gasteiger partial charge in [-0.2, -0.15) is 0 Å². The van der Waals surface area contributed by atoms with E-state index in [1.807, 2.05) is 0 Å². The Morgan fingerprint density at radius 2 is 0.841 bits per heavy atom. The van der Waals surface area contributed by atoms with E-state index in [2.05, 4.69) is 276 Å². The van der Waals surface area contributed by atoms with Crippen molar-refractivity contribution in [2.24, 2.45) is 0 Å². The van der Waals surface area contributed by atoms with Gasteiger partial charge in [-0.15, -0.1) is 0 Å². The molecule has 2 nitrogen and oxygen atoms in total. The third-order valence-electron chi connectivity index (χ3n) is 14.8. The van der Waals surface area contributed by atoms with Gasteiger partial charge in [0.1, 0.15) is 0 Å². The van der Waals surface area contributed by atoms with Crippen LogP contribution in [0.15, 0.2) is 267 Å². The topological polar surface area (TPSA) is 8.17 Å². The highest BCUT2D eigenvalue weighted by molar-refractivity contribution is 6.13. The van der Waals surface area contributed by atoms with Crippen LogP contribution in [0.5, 0.6) is 0 Å². The van der Waals surface area contributed by atoms with Crippen LogP contribution < -0.4 is 4.90 Å². The summed E-state index contributed by atoms with van der Waals surface area (Å²) >= 11 is 0. The van der Waals surface area contributed by atoms with Crippen LogP contribution in [0.3, 0.4) is 0 Å². The van der Waals surface area contributed by atoms with Crippen LogP contribution in [-0.4, -0.2) is 4.57 Å². The van der Waals surface area contributed by atoms with Gasteiger partial charge in [-0.3, -0.25) is 0 Å². The summed E-state index contributed by atoms with van der Waals surface area (Å²) in [6, 6.07) is 98.7. The fourth-order valence-electron chi connectivity index (χ4n) is 12.0. The molecule has 69 heavy (non-hydrogen) atoms. The first kappa shape index (κ1) is 39.2. The van der Waals surface area contributed by atoms with E-state index in [1.54, 1.807) is 0 Å². The summed E-state index contributed by atoms with van der Waals surface area (Å²) in [4.78, 5) is 2.49. The molecule has 0 radical (unpaired) electrons. The normalized spacial score (nSPS) is 14.1. The summed E-state index contributed by atoms with van der Waals surface area (Å²) in [7, 11) is 0. The molecular weight excluding hydrogens is 833 g/mol. The maximum atomic E-state index is 2.53. The first-order valence-corrected chi connectivity index (χ1v) is 23.9. The second-order valence-electron chi connectivity index (χ2n) is 18.3. The summed E-state index contributed by atoms with van der Waals surface area (Å²) in [5, 5.41) is 2.56. The number of rotatable bonds is 7. The van der Waals surface area contributed by atoms with Crippen molar-refractivity contribution < 1.29 is 0 Å². The van der Waals surface area contributed by atoms with Crippen molar-refractivity contribution in [1.29, 1.82) is 0 Å². The first-order valence-electron chi connectivity index (χ1n) is 23.9. The molecule has 1 aromatic heterocycles. The Balaban J connectivity index is 1.03. The minimum absolute atomic E-state index is 0.561. The van der Waals surface area contributed by atoms with E-state index >= 15 is 0 Å². The highest BCUT2D eigenvalue weighted by atomic mass is 15.1. The van der Waals surface area contributed by atoms with Crippen molar-refractivity contribution in [2.75, 3.05) is 4.90 Å². The second kappa shape index (κ2) is 15.6. The molecule has 12 aromatic rings. The lowest BCUT2D eigenvalue weighted by Gasteiger charge is -2.39. The van der Waals surface area contributed by atoms with Gasteiger partial charge in [0.25, 0.3) is 0 Å². The molecule has 0 saturated heterocycles. The van der Waals surface area contributed by atoms with Crippen LogP contribution in [0, 0.1) is 0 Å². The van der Waals surface area contributed by atoms with E-state index in [1.165, 1.54) is 88.7 Å².